The molecule has 0 spiro atoms. The molecule has 10 heteroatoms. The molecule has 226 valence electrons. The first-order chi connectivity index (χ1) is 21.1. The van der Waals surface area contributed by atoms with Crippen LogP contribution in [-0.4, -0.2) is 55.2 Å². The van der Waals surface area contributed by atoms with Crippen LogP contribution in [0.4, 0.5) is 10.6 Å². The molecule has 9 nitrogen and oxygen atoms in total. The van der Waals surface area contributed by atoms with Crippen LogP contribution >= 0.6 is 11.6 Å². The van der Waals surface area contributed by atoms with E-state index in [1.807, 2.05) is 73.9 Å². The third-order valence-electron chi connectivity index (χ3n) is 7.61. The number of nitrogens with two attached hydrogens (primary N) is 1. The molecule has 3 N–H and O–H groups in total. The van der Waals surface area contributed by atoms with E-state index in [1.54, 1.807) is 6.20 Å². The van der Waals surface area contributed by atoms with Crippen LogP contribution in [0.15, 0.2) is 79.0 Å². The minimum Gasteiger partial charge on any atom is -0.444 e. The second-order valence-electron chi connectivity index (χ2n) is 12.1. The molecule has 1 aliphatic heterocycles. The molecule has 0 saturated carbocycles. The number of ether oxygens (including phenoxy) is 1. The summed E-state index contributed by atoms with van der Waals surface area (Å²) in [7, 11) is 0. The monoisotopic (exact) mass is 609 g/mol. The number of alkyl carbamates (subject to hydrolysis) is 1. The standard InChI is InChI=1S/C34H36ClN7O2/c1-34(2,3)44-33(43)38-25-15-18-41(19-16-25)21-22-9-11-26(12-10-22)42-31(27-8-5-17-37-30(27)36)40-29-14-13-28(39-32(29)42)23-6-4-7-24(35)20-23/h4-14,17,20,25H,15-16,18-19,21H2,1-3H3,(H2,36,37)(H,38,43). The molecular weight excluding hydrogens is 574 g/mol. The third kappa shape index (κ3) is 6.69. The molecule has 3 aromatic heterocycles. The Morgan fingerprint density at radius 3 is 2.50 bits per heavy atom. The number of carbonyl (C=O) groups excluding carboxylic acids is 1. The van der Waals surface area contributed by atoms with Gasteiger partial charge >= 0.3 is 6.09 Å². The smallest absolute Gasteiger partial charge is 0.407 e. The maximum absolute atomic E-state index is 12.2. The van der Waals surface area contributed by atoms with Crippen LogP contribution in [0.1, 0.15) is 39.2 Å². The number of nitrogen functional groups attached to an aromatic ring is 1. The van der Waals surface area contributed by atoms with Crippen molar-refractivity contribution in [2.24, 2.45) is 0 Å². The van der Waals surface area contributed by atoms with Gasteiger partial charge in [0.25, 0.3) is 0 Å². The van der Waals surface area contributed by atoms with Crippen molar-refractivity contribution < 1.29 is 9.53 Å². The average Bonchev–Trinajstić information content (AvgIpc) is 3.36. The third-order valence-corrected chi connectivity index (χ3v) is 7.85. The van der Waals surface area contributed by atoms with E-state index in [9.17, 15) is 4.79 Å². The summed E-state index contributed by atoms with van der Waals surface area (Å²) in [5.41, 5.74) is 11.9. The number of imidazole rings is 1. The lowest BCUT2D eigenvalue weighted by Gasteiger charge is -2.32. The Balaban J connectivity index is 1.25. The molecule has 0 radical (unpaired) electrons. The number of aromatic nitrogens is 4. The van der Waals surface area contributed by atoms with Crippen LogP contribution in [0.2, 0.25) is 5.02 Å². The molecule has 1 fully saturated rings. The van der Waals surface area contributed by atoms with Crippen molar-refractivity contribution in [2.45, 2.75) is 51.8 Å². The molecule has 4 heterocycles. The number of hydrogen-bond donors (Lipinski definition) is 2. The fourth-order valence-electron chi connectivity index (χ4n) is 5.52. The van der Waals surface area contributed by atoms with Crippen molar-refractivity contribution in [2.75, 3.05) is 18.8 Å². The predicted molar refractivity (Wildman–Crippen MR) is 175 cm³/mol. The van der Waals surface area contributed by atoms with Crippen LogP contribution in [0.5, 0.6) is 0 Å². The van der Waals surface area contributed by atoms with Gasteiger partial charge in [0.05, 0.1) is 11.3 Å². The van der Waals surface area contributed by atoms with Gasteiger partial charge < -0.3 is 15.8 Å². The highest BCUT2D eigenvalue weighted by Gasteiger charge is 2.24. The van der Waals surface area contributed by atoms with Gasteiger partial charge in [0.1, 0.15) is 16.9 Å². The van der Waals surface area contributed by atoms with E-state index >= 15 is 0 Å². The first-order valence-electron chi connectivity index (χ1n) is 14.8. The minimum atomic E-state index is -0.500. The zero-order chi connectivity index (χ0) is 30.8. The number of carbonyl (C=O) groups is 1. The zero-order valence-corrected chi connectivity index (χ0v) is 25.9. The fourth-order valence-corrected chi connectivity index (χ4v) is 5.71. The molecule has 6 rings (SSSR count). The molecule has 1 saturated heterocycles. The van der Waals surface area contributed by atoms with Crippen molar-refractivity contribution in [3.8, 4) is 28.3 Å². The van der Waals surface area contributed by atoms with E-state index in [0.717, 1.165) is 60.5 Å². The van der Waals surface area contributed by atoms with Gasteiger partial charge in [-0.25, -0.2) is 19.7 Å². The number of piperidine rings is 1. The van der Waals surface area contributed by atoms with E-state index in [-0.39, 0.29) is 12.1 Å². The Morgan fingerprint density at radius 1 is 1.02 bits per heavy atom. The van der Waals surface area contributed by atoms with E-state index in [0.29, 0.717) is 22.3 Å². The van der Waals surface area contributed by atoms with Gasteiger partial charge in [-0.1, -0.05) is 35.9 Å². The number of halogens is 1. The Morgan fingerprint density at radius 2 is 1.80 bits per heavy atom. The maximum atomic E-state index is 12.2. The Hall–Kier alpha value is -4.47. The number of hydrogen-bond acceptors (Lipinski definition) is 7. The quantitative estimate of drug-likeness (QED) is 0.216. The summed E-state index contributed by atoms with van der Waals surface area (Å²) >= 11 is 6.28. The van der Waals surface area contributed by atoms with Gasteiger partial charge in [-0.3, -0.25) is 9.47 Å². The van der Waals surface area contributed by atoms with Gasteiger partial charge in [0, 0.05) is 48.1 Å². The molecule has 0 aliphatic carbocycles. The van der Waals surface area contributed by atoms with Crippen LogP contribution in [-0.2, 0) is 11.3 Å². The summed E-state index contributed by atoms with van der Waals surface area (Å²) < 4.78 is 7.45. The number of pyridine rings is 2. The highest BCUT2D eigenvalue weighted by atomic mass is 35.5. The number of rotatable bonds is 6. The van der Waals surface area contributed by atoms with E-state index in [1.165, 1.54) is 5.56 Å². The summed E-state index contributed by atoms with van der Waals surface area (Å²) in [4.78, 5) is 28.9. The van der Waals surface area contributed by atoms with Crippen molar-refractivity contribution in [1.29, 1.82) is 0 Å². The summed E-state index contributed by atoms with van der Waals surface area (Å²) in [6.07, 6.45) is 3.09. The average molecular weight is 610 g/mol. The van der Waals surface area contributed by atoms with E-state index < -0.39 is 5.60 Å². The SMILES string of the molecule is CC(C)(C)OC(=O)NC1CCN(Cc2ccc(-n3c(-c4cccnc4N)nc4ccc(-c5cccc(Cl)c5)nc43)cc2)CC1. The molecule has 1 amide bonds. The maximum Gasteiger partial charge on any atom is 0.407 e. The molecule has 5 aromatic rings. The first kappa shape index (κ1) is 29.6. The van der Waals surface area contributed by atoms with Crippen molar-refractivity contribution in [3.05, 3.63) is 89.6 Å². The van der Waals surface area contributed by atoms with Crippen LogP contribution in [0.3, 0.4) is 0 Å². The van der Waals surface area contributed by atoms with Crippen molar-refractivity contribution >= 4 is 34.7 Å². The normalized spacial score (nSPS) is 14.5. The van der Waals surface area contributed by atoms with Crippen LogP contribution < -0.4 is 11.1 Å². The Labute approximate surface area is 262 Å². The molecule has 0 unspecified atom stereocenters. The molecule has 1 aliphatic rings. The second kappa shape index (κ2) is 12.3. The number of benzene rings is 2. The summed E-state index contributed by atoms with van der Waals surface area (Å²) in [5.74, 6) is 1.08. The van der Waals surface area contributed by atoms with Crippen molar-refractivity contribution in [3.63, 3.8) is 0 Å². The predicted octanol–water partition coefficient (Wildman–Crippen LogP) is 6.87. The summed E-state index contributed by atoms with van der Waals surface area (Å²) in [6.45, 7) is 8.24. The van der Waals surface area contributed by atoms with Gasteiger partial charge in [0.15, 0.2) is 11.5 Å². The first-order valence-corrected chi connectivity index (χ1v) is 15.2. The lowest BCUT2D eigenvalue weighted by atomic mass is 10.0. The van der Waals surface area contributed by atoms with Gasteiger partial charge in [-0.05, 0) is 87.7 Å². The van der Waals surface area contributed by atoms with Crippen LogP contribution in [0, 0.1) is 0 Å². The van der Waals surface area contributed by atoms with E-state index in [2.05, 4.69) is 39.5 Å². The van der Waals surface area contributed by atoms with Gasteiger partial charge in [0.2, 0.25) is 0 Å². The Kier molecular flexibility index (Phi) is 8.25. The highest BCUT2D eigenvalue weighted by molar-refractivity contribution is 6.30. The van der Waals surface area contributed by atoms with Crippen LogP contribution in [0.25, 0.3) is 39.5 Å². The zero-order valence-electron chi connectivity index (χ0n) is 25.1. The molecule has 0 atom stereocenters. The number of amides is 1. The minimum absolute atomic E-state index is 0.126. The van der Waals surface area contributed by atoms with Gasteiger partial charge in [-0.15, -0.1) is 0 Å². The highest BCUT2D eigenvalue weighted by Crippen LogP contribution is 2.32. The lowest BCUT2D eigenvalue weighted by molar-refractivity contribution is 0.0477. The lowest BCUT2D eigenvalue weighted by Crippen LogP contribution is -2.45. The molecule has 0 bridgehead atoms. The van der Waals surface area contributed by atoms with E-state index in [4.69, 9.17) is 32.0 Å². The topological polar surface area (TPSA) is 111 Å². The number of nitrogens with one attached hydrogen (secondary N) is 1. The molecular formula is C34H36ClN7O2. The molecule has 44 heavy (non-hydrogen) atoms. The largest absolute Gasteiger partial charge is 0.444 e. The van der Waals surface area contributed by atoms with Gasteiger partial charge in [-0.2, -0.15) is 0 Å². The number of fused-ring (bicyclic) bond motifs is 1. The number of likely N-dealkylation sites (tertiary alicyclic amines) is 1. The number of nitrogens with zero attached hydrogens (tertiary/aromatic N) is 5. The summed E-state index contributed by atoms with van der Waals surface area (Å²) in [6, 6.07) is 24.0. The number of anilines is 1. The fraction of sp³-hybridized carbons (Fsp3) is 0.294. The Bertz CT molecular complexity index is 1790. The molecule has 2 aromatic carbocycles. The second-order valence-corrected chi connectivity index (χ2v) is 12.6. The van der Waals surface area contributed by atoms with Crippen molar-refractivity contribution in [1.82, 2.24) is 29.7 Å². The summed E-state index contributed by atoms with van der Waals surface area (Å²) in [5, 5.41) is 3.67.